The average Bonchev–Trinajstić information content (AvgIpc) is 2.76. The third-order valence-electron chi connectivity index (χ3n) is 3.87. The quantitative estimate of drug-likeness (QED) is 0.816. The van der Waals surface area contributed by atoms with Crippen LogP contribution < -0.4 is 5.32 Å². The molecule has 106 valence electrons. The van der Waals surface area contributed by atoms with Gasteiger partial charge in [0.15, 0.2) is 0 Å². The van der Waals surface area contributed by atoms with E-state index in [0.29, 0.717) is 5.56 Å². The van der Waals surface area contributed by atoms with Crippen molar-refractivity contribution in [3.63, 3.8) is 0 Å². The zero-order valence-electron chi connectivity index (χ0n) is 12.0. The second kappa shape index (κ2) is 6.70. The van der Waals surface area contributed by atoms with Gasteiger partial charge in [-0.05, 0) is 45.8 Å². The first-order valence-corrected chi connectivity index (χ1v) is 7.17. The summed E-state index contributed by atoms with van der Waals surface area (Å²) < 4.78 is 1.72. The summed E-state index contributed by atoms with van der Waals surface area (Å²) >= 11 is 0. The average molecular weight is 264 g/mol. The van der Waals surface area contributed by atoms with Crippen molar-refractivity contribution >= 4 is 5.91 Å². The highest BCUT2D eigenvalue weighted by molar-refractivity contribution is 5.94. The van der Waals surface area contributed by atoms with Crippen LogP contribution in [0.4, 0.5) is 0 Å². The summed E-state index contributed by atoms with van der Waals surface area (Å²) in [5.41, 5.74) is 1.59. The van der Waals surface area contributed by atoms with Gasteiger partial charge in [-0.25, -0.2) is 0 Å². The molecule has 2 heterocycles. The van der Waals surface area contributed by atoms with Crippen molar-refractivity contribution in [2.75, 3.05) is 26.2 Å². The van der Waals surface area contributed by atoms with Crippen LogP contribution in [-0.4, -0.2) is 46.8 Å². The van der Waals surface area contributed by atoms with Crippen LogP contribution in [0, 0.1) is 6.92 Å². The van der Waals surface area contributed by atoms with E-state index in [-0.39, 0.29) is 5.91 Å². The van der Waals surface area contributed by atoms with Gasteiger partial charge in [-0.1, -0.05) is 6.42 Å². The summed E-state index contributed by atoms with van der Waals surface area (Å²) in [6.07, 6.45) is 6.66. The van der Waals surface area contributed by atoms with E-state index in [1.54, 1.807) is 10.9 Å². The molecule has 0 bridgehead atoms. The molecule has 2 rings (SSSR count). The second-order valence-electron chi connectivity index (χ2n) is 5.28. The van der Waals surface area contributed by atoms with Gasteiger partial charge >= 0.3 is 0 Å². The number of amides is 1. The minimum atomic E-state index is -0.00996. The zero-order valence-corrected chi connectivity index (χ0v) is 12.0. The molecule has 1 N–H and O–H groups in total. The lowest BCUT2D eigenvalue weighted by molar-refractivity contribution is 0.0950. The highest BCUT2D eigenvalue weighted by Gasteiger charge is 2.13. The largest absolute Gasteiger partial charge is 0.352 e. The predicted molar refractivity (Wildman–Crippen MR) is 75.2 cm³/mol. The van der Waals surface area contributed by atoms with Gasteiger partial charge in [-0.3, -0.25) is 9.48 Å². The lowest BCUT2D eigenvalue weighted by atomic mass is 10.1. The lowest BCUT2D eigenvalue weighted by Gasteiger charge is -2.26. The Morgan fingerprint density at radius 2 is 2.11 bits per heavy atom. The molecule has 1 fully saturated rings. The lowest BCUT2D eigenvalue weighted by Crippen LogP contribution is -2.33. The Labute approximate surface area is 115 Å². The van der Waals surface area contributed by atoms with E-state index < -0.39 is 0 Å². The molecule has 1 aliphatic rings. The highest BCUT2D eigenvalue weighted by Crippen LogP contribution is 2.08. The van der Waals surface area contributed by atoms with E-state index in [4.69, 9.17) is 0 Å². The SMILES string of the molecule is Cc1c(C(=O)NCCCN2CCCCC2)cnn1C. The van der Waals surface area contributed by atoms with Gasteiger partial charge in [0.1, 0.15) is 0 Å². The van der Waals surface area contributed by atoms with Crippen molar-refractivity contribution < 1.29 is 4.79 Å². The van der Waals surface area contributed by atoms with E-state index in [2.05, 4.69) is 15.3 Å². The maximum atomic E-state index is 12.0. The van der Waals surface area contributed by atoms with Crippen molar-refractivity contribution in [2.24, 2.45) is 7.05 Å². The summed E-state index contributed by atoms with van der Waals surface area (Å²) in [7, 11) is 1.85. The van der Waals surface area contributed by atoms with E-state index >= 15 is 0 Å². The summed E-state index contributed by atoms with van der Waals surface area (Å²) in [4.78, 5) is 14.4. The molecule has 1 aromatic heterocycles. The Hall–Kier alpha value is -1.36. The Bertz CT molecular complexity index is 421. The number of hydrogen-bond donors (Lipinski definition) is 1. The van der Waals surface area contributed by atoms with Crippen LogP contribution in [0.5, 0.6) is 0 Å². The molecule has 0 radical (unpaired) electrons. The van der Waals surface area contributed by atoms with E-state index in [0.717, 1.165) is 25.2 Å². The maximum absolute atomic E-state index is 12.0. The van der Waals surface area contributed by atoms with Crippen molar-refractivity contribution in [3.05, 3.63) is 17.5 Å². The van der Waals surface area contributed by atoms with Crippen molar-refractivity contribution in [2.45, 2.75) is 32.6 Å². The smallest absolute Gasteiger partial charge is 0.254 e. The number of aryl methyl sites for hydroxylation is 1. The molecular formula is C14H24N4O. The summed E-state index contributed by atoms with van der Waals surface area (Å²) in [6, 6.07) is 0. The predicted octanol–water partition coefficient (Wildman–Crippen LogP) is 1.33. The zero-order chi connectivity index (χ0) is 13.7. The molecule has 5 nitrogen and oxygen atoms in total. The number of nitrogens with one attached hydrogen (secondary N) is 1. The fourth-order valence-electron chi connectivity index (χ4n) is 2.50. The monoisotopic (exact) mass is 264 g/mol. The topological polar surface area (TPSA) is 50.2 Å². The van der Waals surface area contributed by atoms with Gasteiger partial charge in [0.25, 0.3) is 5.91 Å². The van der Waals surface area contributed by atoms with Crippen LogP contribution in [0.1, 0.15) is 41.7 Å². The van der Waals surface area contributed by atoms with Crippen molar-refractivity contribution in [3.8, 4) is 0 Å². The number of carbonyl (C=O) groups excluding carboxylic acids is 1. The number of nitrogens with zero attached hydrogens (tertiary/aromatic N) is 3. The van der Waals surface area contributed by atoms with Crippen LogP contribution in [0.25, 0.3) is 0 Å². The van der Waals surface area contributed by atoms with Gasteiger partial charge in [0.05, 0.1) is 11.8 Å². The molecule has 0 spiro atoms. The first-order valence-electron chi connectivity index (χ1n) is 7.17. The number of piperidine rings is 1. The highest BCUT2D eigenvalue weighted by atomic mass is 16.1. The molecule has 1 aliphatic heterocycles. The normalized spacial score (nSPS) is 16.5. The maximum Gasteiger partial charge on any atom is 0.254 e. The van der Waals surface area contributed by atoms with Gasteiger partial charge in [-0.15, -0.1) is 0 Å². The standard InChI is InChI=1S/C14H24N4O/c1-12-13(11-16-17(12)2)14(19)15-7-6-10-18-8-4-3-5-9-18/h11H,3-10H2,1-2H3,(H,15,19). The second-order valence-corrected chi connectivity index (χ2v) is 5.28. The van der Waals surface area contributed by atoms with Crippen LogP contribution in [0.3, 0.4) is 0 Å². The van der Waals surface area contributed by atoms with Crippen LogP contribution in [0.2, 0.25) is 0 Å². The molecule has 0 saturated carbocycles. The molecule has 1 saturated heterocycles. The van der Waals surface area contributed by atoms with Gasteiger partial charge in [0, 0.05) is 19.3 Å². The molecule has 1 amide bonds. The van der Waals surface area contributed by atoms with Crippen LogP contribution in [-0.2, 0) is 7.05 Å². The Balaban J connectivity index is 1.68. The molecule has 0 unspecified atom stereocenters. The first kappa shape index (κ1) is 14.1. The molecule has 0 aliphatic carbocycles. The minimum Gasteiger partial charge on any atom is -0.352 e. The third-order valence-corrected chi connectivity index (χ3v) is 3.87. The Morgan fingerprint density at radius 1 is 1.37 bits per heavy atom. The summed E-state index contributed by atoms with van der Waals surface area (Å²) in [5, 5.41) is 7.06. The first-order chi connectivity index (χ1) is 9.18. The fourth-order valence-corrected chi connectivity index (χ4v) is 2.50. The molecule has 19 heavy (non-hydrogen) atoms. The number of rotatable bonds is 5. The van der Waals surface area contributed by atoms with Gasteiger partial charge in [-0.2, -0.15) is 5.10 Å². The summed E-state index contributed by atoms with van der Waals surface area (Å²) in [5.74, 6) is -0.00996. The van der Waals surface area contributed by atoms with E-state index in [1.165, 1.54) is 32.4 Å². The van der Waals surface area contributed by atoms with Crippen molar-refractivity contribution in [1.82, 2.24) is 20.0 Å². The molecule has 0 atom stereocenters. The molecule has 1 aromatic rings. The Morgan fingerprint density at radius 3 is 2.74 bits per heavy atom. The number of carbonyl (C=O) groups is 1. The summed E-state index contributed by atoms with van der Waals surface area (Å²) in [6.45, 7) is 6.18. The Kier molecular flexibility index (Phi) is 4.96. The molecular weight excluding hydrogens is 240 g/mol. The van der Waals surface area contributed by atoms with Gasteiger partial charge in [0.2, 0.25) is 0 Å². The number of aromatic nitrogens is 2. The fraction of sp³-hybridized carbons (Fsp3) is 0.714. The van der Waals surface area contributed by atoms with Crippen LogP contribution in [0.15, 0.2) is 6.20 Å². The minimum absolute atomic E-state index is 0.00996. The van der Waals surface area contributed by atoms with E-state index in [1.807, 2.05) is 14.0 Å². The number of hydrogen-bond acceptors (Lipinski definition) is 3. The van der Waals surface area contributed by atoms with Crippen LogP contribution >= 0.6 is 0 Å². The molecule has 5 heteroatoms. The molecule has 0 aromatic carbocycles. The van der Waals surface area contributed by atoms with Gasteiger partial charge < -0.3 is 10.2 Å². The third kappa shape index (κ3) is 3.80. The van der Waals surface area contributed by atoms with Crippen molar-refractivity contribution in [1.29, 1.82) is 0 Å². The number of likely N-dealkylation sites (tertiary alicyclic amines) is 1. The van der Waals surface area contributed by atoms with E-state index in [9.17, 15) is 4.79 Å².